The first-order valence-electron chi connectivity index (χ1n) is 21.1. The molecule has 0 aromatic rings. The van der Waals surface area contributed by atoms with Crippen molar-refractivity contribution in [2.24, 2.45) is 17.7 Å². The molecule has 0 aromatic heterocycles. The number of ketones is 1. The van der Waals surface area contributed by atoms with Crippen molar-refractivity contribution in [3.63, 3.8) is 0 Å². The van der Waals surface area contributed by atoms with Gasteiger partial charge in [-0.1, -0.05) is 20.1 Å². The maximum absolute atomic E-state index is 14.1. The fraction of sp³-hybridized carbons (Fsp3) is 0.878. The topological polar surface area (TPSA) is 201 Å². The molecule has 10 heterocycles. The number of Topliss-reactive ketones (excluding diaryl/α,β-unsaturated/α-hetero) is 1. The van der Waals surface area contributed by atoms with Gasteiger partial charge in [0.1, 0.15) is 46.1 Å². The Kier molecular flexibility index (Phi) is 12.5. The summed E-state index contributed by atoms with van der Waals surface area (Å²) < 4.78 is 84.0. The largest absolute Gasteiger partial charge is 0.392 e. The van der Waals surface area contributed by atoms with E-state index in [1.165, 1.54) is 0 Å². The smallest absolute Gasteiger partial charge is 0.172 e. The number of carbonyl (C=O) groups excluding carboxylic acids is 1. The number of aliphatic hydroxyl groups is 1. The van der Waals surface area contributed by atoms with Gasteiger partial charge in [-0.3, -0.25) is 4.79 Å². The van der Waals surface area contributed by atoms with E-state index in [1.807, 2.05) is 0 Å². The molecule has 10 fully saturated rings. The molecule has 15 nitrogen and oxygen atoms in total. The number of ether oxygens (including phenoxy) is 9. The number of rotatable bonds is 5. The highest BCUT2D eigenvalue weighted by Gasteiger charge is 2.68. The van der Waals surface area contributed by atoms with Gasteiger partial charge in [0, 0.05) is 57.8 Å². The Morgan fingerprint density at radius 2 is 1.51 bits per heavy atom. The SMILES string of the molecule is C=C1C[C@@H]2CC[C@@]34C[C@H]5O[C@H]6[C@@H](O3)[C@H]3O[C@H](CC[C@@H]3O[C@H]6[C@H]5O4)CC(=O)CC3C(C[C@H]4OC(CC[C@@H]1O2)C[C@@H](C)C4=C)O[C@H](C[C@H](O)CS(C)(=O)=O)[C@@H]3OC.NO. The average Bonchev–Trinajstić information content (AvgIpc) is 3.83. The van der Waals surface area contributed by atoms with Gasteiger partial charge >= 0.3 is 0 Å². The van der Waals surface area contributed by atoms with Gasteiger partial charge in [0.05, 0.1) is 72.9 Å². The van der Waals surface area contributed by atoms with Crippen LogP contribution in [0.4, 0.5) is 0 Å². The maximum atomic E-state index is 14.1. The fourth-order valence-corrected chi connectivity index (χ4v) is 12.4. The van der Waals surface area contributed by atoms with Crippen molar-refractivity contribution in [2.45, 2.75) is 194 Å². The number of hydrogen-bond donors (Lipinski definition) is 3. The predicted molar refractivity (Wildman–Crippen MR) is 203 cm³/mol. The van der Waals surface area contributed by atoms with Crippen LogP contribution in [0.25, 0.3) is 0 Å². The van der Waals surface area contributed by atoms with Gasteiger partial charge < -0.3 is 52.9 Å². The van der Waals surface area contributed by atoms with Crippen molar-refractivity contribution in [2.75, 3.05) is 19.1 Å². The molecule has 3 unspecified atom stereocenters. The lowest BCUT2D eigenvalue weighted by Crippen LogP contribution is -2.61. The Morgan fingerprint density at radius 1 is 0.807 bits per heavy atom. The van der Waals surface area contributed by atoms with Crippen molar-refractivity contribution in [1.82, 2.24) is 0 Å². The molecule has 0 amide bonds. The minimum Gasteiger partial charge on any atom is -0.392 e. The molecule has 0 aromatic carbocycles. The Morgan fingerprint density at radius 3 is 2.28 bits per heavy atom. The highest BCUT2D eigenvalue weighted by Crippen LogP contribution is 2.54. The molecule has 10 rings (SSSR count). The summed E-state index contributed by atoms with van der Waals surface area (Å²) in [6, 6.07) is 0. The second kappa shape index (κ2) is 16.8. The summed E-state index contributed by atoms with van der Waals surface area (Å²) in [6.45, 7) is 11.1. The van der Waals surface area contributed by atoms with Crippen LogP contribution in [0, 0.1) is 11.8 Å². The third-order valence-corrected chi connectivity index (χ3v) is 15.2. The monoisotopic (exact) mass is 825 g/mol. The molecule has 12 bridgehead atoms. The highest BCUT2D eigenvalue weighted by atomic mass is 32.2. The minimum absolute atomic E-state index is 0.0127. The van der Waals surface area contributed by atoms with Crippen LogP contribution >= 0.6 is 0 Å². The van der Waals surface area contributed by atoms with Crippen LogP contribution in [0.15, 0.2) is 24.3 Å². The third kappa shape index (κ3) is 8.60. The van der Waals surface area contributed by atoms with E-state index < -0.39 is 46.1 Å². The van der Waals surface area contributed by atoms with E-state index >= 15 is 0 Å². The molecule has 10 aliphatic rings. The molecule has 57 heavy (non-hydrogen) atoms. The lowest BCUT2D eigenvalue weighted by Gasteiger charge is -2.47. The van der Waals surface area contributed by atoms with Crippen molar-refractivity contribution < 1.29 is 66.2 Å². The first-order valence-corrected chi connectivity index (χ1v) is 23.1. The Labute approximate surface area is 336 Å². The summed E-state index contributed by atoms with van der Waals surface area (Å²) in [4.78, 5) is 14.1. The quantitative estimate of drug-likeness (QED) is 0.270. The van der Waals surface area contributed by atoms with E-state index in [4.69, 9.17) is 47.8 Å². The lowest BCUT2D eigenvalue weighted by atomic mass is 9.81. The zero-order valence-corrected chi connectivity index (χ0v) is 34.3. The van der Waals surface area contributed by atoms with Gasteiger partial charge in [0.2, 0.25) is 0 Å². The number of sulfone groups is 1. The first kappa shape index (κ1) is 42.3. The molecule has 0 radical (unpaired) electrons. The maximum Gasteiger partial charge on any atom is 0.172 e. The van der Waals surface area contributed by atoms with Crippen molar-refractivity contribution in [3.8, 4) is 0 Å². The summed E-state index contributed by atoms with van der Waals surface area (Å²) in [6.07, 6.45) is 3.72. The number of methoxy groups -OCH3 is 1. The number of fused-ring (bicyclic) bond motifs is 6. The molecule has 0 saturated carbocycles. The standard InChI is InChI=1S/C41H60O13S.H3NO/c1-20-12-25-6-8-29-21(2)13-27(47-29)10-11-41-18-34-37(53-41)38-39(52-34)40(54-41)36-30(51-38)9-7-26(49-36)14-23(42)15-28-32(17-31(48-25)22(20)3)50-33(35(28)46-4)16-24(43)19-55(5,44)45;1-2/h20,24-40,43H,2-3,6-19H2,1,4-5H3;2H,1H2/t20-,24+,25?,26-,27+,28?,29+,30+,31-,32?,33-,34-,35-,36+,37+,38+,39-,40+,41+;/m1./s1. The summed E-state index contributed by atoms with van der Waals surface area (Å²) in [7, 11) is -1.84. The molecule has 19 atom stereocenters. The number of aliphatic hydroxyl groups excluding tert-OH is 1. The fourth-order valence-electron chi connectivity index (χ4n) is 11.6. The van der Waals surface area contributed by atoms with Crippen molar-refractivity contribution in [1.29, 1.82) is 0 Å². The molecule has 10 saturated heterocycles. The zero-order valence-electron chi connectivity index (χ0n) is 33.5. The molecule has 16 heteroatoms. The van der Waals surface area contributed by atoms with Crippen LogP contribution < -0.4 is 5.90 Å². The zero-order chi connectivity index (χ0) is 40.4. The number of hydrogen-bond acceptors (Lipinski definition) is 15. The van der Waals surface area contributed by atoms with E-state index in [9.17, 15) is 18.3 Å². The molecule has 1 spiro atoms. The lowest BCUT2D eigenvalue weighted by molar-refractivity contribution is -0.292. The minimum atomic E-state index is -3.42. The van der Waals surface area contributed by atoms with Gasteiger partial charge in [-0.05, 0) is 62.0 Å². The molecule has 0 aliphatic carbocycles. The normalized spacial score (nSPS) is 48.8. The van der Waals surface area contributed by atoms with Crippen LogP contribution in [0.3, 0.4) is 0 Å². The average molecular weight is 826 g/mol. The van der Waals surface area contributed by atoms with E-state index in [-0.39, 0.29) is 110 Å². The van der Waals surface area contributed by atoms with Gasteiger partial charge in [-0.2, -0.15) is 0 Å². The van der Waals surface area contributed by atoms with Gasteiger partial charge in [-0.25, -0.2) is 14.3 Å². The van der Waals surface area contributed by atoms with Crippen molar-refractivity contribution >= 4 is 15.6 Å². The van der Waals surface area contributed by atoms with E-state index in [1.54, 1.807) is 7.11 Å². The first-order chi connectivity index (χ1) is 27.2. The van der Waals surface area contributed by atoms with Crippen LogP contribution in [-0.4, -0.2) is 147 Å². The summed E-state index contributed by atoms with van der Waals surface area (Å²) in [5.74, 6) is 2.21. The van der Waals surface area contributed by atoms with Gasteiger partial charge in [-0.15, -0.1) is 0 Å². The van der Waals surface area contributed by atoms with E-state index in [2.05, 4.69) is 26.0 Å². The van der Waals surface area contributed by atoms with Gasteiger partial charge in [0.25, 0.3) is 0 Å². The Bertz CT molecular complexity index is 1610. The van der Waals surface area contributed by atoms with Crippen molar-refractivity contribution in [3.05, 3.63) is 24.3 Å². The van der Waals surface area contributed by atoms with Crippen LogP contribution in [-0.2, 0) is 57.3 Å². The predicted octanol–water partition coefficient (Wildman–Crippen LogP) is 2.86. The molecular weight excluding hydrogens is 763 g/mol. The van der Waals surface area contributed by atoms with Crippen LogP contribution in [0.5, 0.6) is 0 Å². The molecule has 322 valence electrons. The second-order valence-corrected chi connectivity index (χ2v) is 20.5. The summed E-state index contributed by atoms with van der Waals surface area (Å²) in [5.41, 5.74) is 2.11. The number of nitrogens with two attached hydrogens (primary N) is 1. The Hall–Kier alpha value is -1.38. The number of carbonyl (C=O) groups is 1. The third-order valence-electron chi connectivity index (χ3n) is 14.2. The molecule has 4 N–H and O–H groups in total. The van der Waals surface area contributed by atoms with Crippen LogP contribution in [0.2, 0.25) is 0 Å². The molecule has 10 aliphatic heterocycles. The summed E-state index contributed by atoms with van der Waals surface area (Å²) in [5, 5.41) is 17.3. The molecular formula is C41H63NO14S. The van der Waals surface area contributed by atoms with E-state index in [0.29, 0.717) is 25.7 Å². The van der Waals surface area contributed by atoms with E-state index in [0.717, 1.165) is 55.9 Å². The Balaban J connectivity index is 0.00000224. The highest BCUT2D eigenvalue weighted by molar-refractivity contribution is 7.90. The second-order valence-electron chi connectivity index (χ2n) is 18.3. The van der Waals surface area contributed by atoms with Gasteiger partial charge in [0.15, 0.2) is 5.79 Å². The van der Waals surface area contributed by atoms with Crippen LogP contribution in [0.1, 0.15) is 90.4 Å². The summed E-state index contributed by atoms with van der Waals surface area (Å²) >= 11 is 0.